The second kappa shape index (κ2) is 9.08. The summed E-state index contributed by atoms with van der Waals surface area (Å²) in [5.41, 5.74) is 1.96. The average Bonchev–Trinajstić information content (AvgIpc) is 2.42. The number of benzene rings is 1. The summed E-state index contributed by atoms with van der Waals surface area (Å²) in [4.78, 5) is 12.6. The van der Waals surface area contributed by atoms with Crippen molar-refractivity contribution >= 4 is 27.5 Å². The fourth-order valence-electron chi connectivity index (χ4n) is 2.29. The van der Waals surface area contributed by atoms with E-state index in [-0.39, 0.29) is 11.8 Å². The monoisotopic (exact) mass is 355 g/mol. The van der Waals surface area contributed by atoms with Crippen LogP contribution in [0.5, 0.6) is 5.75 Å². The van der Waals surface area contributed by atoms with Gasteiger partial charge in [0.15, 0.2) is 0 Å². The number of alkyl halides is 1. The summed E-state index contributed by atoms with van der Waals surface area (Å²) in [5, 5.41) is 3.00. The highest BCUT2D eigenvalue weighted by Gasteiger charge is 2.16. The number of hydrogen-bond acceptors (Lipinski definition) is 2. The van der Waals surface area contributed by atoms with Crippen LogP contribution in [0.4, 0.5) is 5.69 Å². The lowest BCUT2D eigenvalue weighted by molar-refractivity contribution is -0.120. The second-order valence-corrected chi connectivity index (χ2v) is 6.81. The molecule has 1 N–H and O–H groups in total. The first kappa shape index (κ1) is 18.0. The van der Waals surface area contributed by atoms with Crippen LogP contribution in [0.1, 0.15) is 46.1 Å². The molecule has 0 aliphatic heterocycles. The molecule has 1 atom stereocenters. The Morgan fingerprint density at radius 3 is 2.48 bits per heavy atom. The van der Waals surface area contributed by atoms with E-state index in [1.165, 1.54) is 5.56 Å². The van der Waals surface area contributed by atoms with Crippen molar-refractivity contribution in [2.24, 2.45) is 5.92 Å². The number of carbonyl (C=O) groups excluding carboxylic acids is 1. The van der Waals surface area contributed by atoms with Crippen LogP contribution in [0.25, 0.3) is 0 Å². The molecule has 1 aromatic rings. The Bertz CT molecular complexity index is 456. The van der Waals surface area contributed by atoms with Crippen LogP contribution in [-0.4, -0.2) is 17.3 Å². The molecule has 21 heavy (non-hydrogen) atoms. The van der Waals surface area contributed by atoms with Gasteiger partial charge in [0.25, 0.3) is 0 Å². The molecule has 0 aromatic heterocycles. The van der Waals surface area contributed by atoms with E-state index >= 15 is 0 Å². The van der Waals surface area contributed by atoms with E-state index in [4.69, 9.17) is 4.74 Å². The molecule has 1 aromatic carbocycles. The van der Waals surface area contributed by atoms with Crippen molar-refractivity contribution in [1.82, 2.24) is 0 Å². The quantitative estimate of drug-likeness (QED) is 0.681. The zero-order valence-electron chi connectivity index (χ0n) is 13.4. The van der Waals surface area contributed by atoms with E-state index in [0.717, 1.165) is 30.7 Å². The zero-order valence-corrected chi connectivity index (χ0v) is 15.0. The maximum absolute atomic E-state index is 12.2. The SMILES string of the molecule is CCOc1cc(CC(C)Br)ccc1NC(=O)C(CC)CC. The first-order chi connectivity index (χ1) is 10.0. The van der Waals surface area contributed by atoms with Gasteiger partial charge in [-0.2, -0.15) is 0 Å². The van der Waals surface area contributed by atoms with Crippen molar-refractivity contribution in [3.05, 3.63) is 23.8 Å². The molecule has 1 unspecified atom stereocenters. The molecule has 0 radical (unpaired) electrons. The largest absolute Gasteiger partial charge is 0.492 e. The zero-order chi connectivity index (χ0) is 15.8. The Morgan fingerprint density at radius 2 is 1.95 bits per heavy atom. The van der Waals surface area contributed by atoms with E-state index < -0.39 is 0 Å². The first-order valence-electron chi connectivity index (χ1n) is 7.72. The molecule has 1 rings (SSSR count). The lowest BCUT2D eigenvalue weighted by Crippen LogP contribution is -2.22. The maximum Gasteiger partial charge on any atom is 0.227 e. The summed E-state index contributed by atoms with van der Waals surface area (Å²) >= 11 is 3.56. The number of anilines is 1. The van der Waals surface area contributed by atoms with Crippen LogP contribution in [0.3, 0.4) is 0 Å². The lowest BCUT2D eigenvalue weighted by atomic mass is 10.0. The Balaban J connectivity index is 2.92. The molecule has 0 bridgehead atoms. The van der Waals surface area contributed by atoms with Gasteiger partial charge in [0.05, 0.1) is 12.3 Å². The number of nitrogens with one attached hydrogen (secondary N) is 1. The van der Waals surface area contributed by atoms with Crippen LogP contribution < -0.4 is 10.1 Å². The van der Waals surface area contributed by atoms with Crippen LogP contribution in [0.2, 0.25) is 0 Å². The fraction of sp³-hybridized carbons (Fsp3) is 0.588. The molecule has 0 spiro atoms. The molecule has 118 valence electrons. The predicted octanol–water partition coefficient (Wildman–Crippen LogP) is 4.79. The number of ether oxygens (including phenoxy) is 1. The van der Waals surface area contributed by atoms with E-state index in [9.17, 15) is 4.79 Å². The topological polar surface area (TPSA) is 38.3 Å². The van der Waals surface area contributed by atoms with Gasteiger partial charge in [0.1, 0.15) is 5.75 Å². The summed E-state index contributed by atoms with van der Waals surface area (Å²) < 4.78 is 5.68. The number of rotatable bonds is 8. The first-order valence-corrected chi connectivity index (χ1v) is 8.63. The molecule has 4 heteroatoms. The molecular formula is C17H26BrNO2. The van der Waals surface area contributed by atoms with Gasteiger partial charge in [-0.15, -0.1) is 0 Å². The predicted molar refractivity (Wildman–Crippen MR) is 92.4 cm³/mol. The summed E-state index contributed by atoms with van der Waals surface area (Å²) in [7, 11) is 0. The molecule has 1 amide bonds. The van der Waals surface area contributed by atoms with Crippen LogP contribution in [0.15, 0.2) is 18.2 Å². The van der Waals surface area contributed by atoms with Crippen molar-refractivity contribution in [1.29, 1.82) is 0 Å². The van der Waals surface area contributed by atoms with Gasteiger partial charge in [-0.05, 0) is 43.9 Å². The summed E-state index contributed by atoms with van der Waals surface area (Å²) in [6, 6.07) is 6.00. The van der Waals surface area contributed by atoms with Crippen molar-refractivity contribution in [3.8, 4) is 5.75 Å². The van der Waals surface area contributed by atoms with Gasteiger partial charge in [0, 0.05) is 10.7 Å². The standard InChI is InChI=1S/C17H26BrNO2/c1-5-14(6-2)17(20)19-15-9-8-13(10-12(4)18)11-16(15)21-7-3/h8-9,11-12,14H,5-7,10H2,1-4H3,(H,19,20). The van der Waals surface area contributed by atoms with Crippen molar-refractivity contribution in [2.45, 2.75) is 51.8 Å². The molecule has 0 saturated carbocycles. The van der Waals surface area contributed by atoms with E-state index in [2.05, 4.69) is 28.2 Å². The van der Waals surface area contributed by atoms with Crippen LogP contribution in [0, 0.1) is 5.92 Å². The van der Waals surface area contributed by atoms with Crippen molar-refractivity contribution in [2.75, 3.05) is 11.9 Å². The Kier molecular flexibility index (Phi) is 7.79. The summed E-state index contributed by atoms with van der Waals surface area (Å²) in [6.45, 7) is 8.73. The minimum atomic E-state index is 0.0571. The smallest absolute Gasteiger partial charge is 0.227 e. The highest BCUT2D eigenvalue weighted by Crippen LogP contribution is 2.28. The summed E-state index contributed by atoms with van der Waals surface area (Å²) in [5.74, 6) is 0.881. The van der Waals surface area contributed by atoms with E-state index in [1.807, 2.05) is 39.0 Å². The van der Waals surface area contributed by atoms with Gasteiger partial charge in [-0.25, -0.2) is 0 Å². The minimum Gasteiger partial charge on any atom is -0.492 e. The molecular weight excluding hydrogens is 330 g/mol. The highest BCUT2D eigenvalue weighted by molar-refractivity contribution is 9.09. The fourth-order valence-corrected chi connectivity index (χ4v) is 2.66. The number of amides is 1. The maximum atomic E-state index is 12.2. The van der Waals surface area contributed by atoms with Gasteiger partial charge in [-0.3, -0.25) is 4.79 Å². The third kappa shape index (κ3) is 5.70. The van der Waals surface area contributed by atoms with Crippen molar-refractivity contribution in [3.63, 3.8) is 0 Å². The van der Waals surface area contributed by atoms with Crippen molar-refractivity contribution < 1.29 is 9.53 Å². The highest BCUT2D eigenvalue weighted by atomic mass is 79.9. The molecule has 0 aliphatic rings. The van der Waals surface area contributed by atoms with Crippen LogP contribution >= 0.6 is 15.9 Å². The van der Waals surface area contributed by atoms with E-state index in [0.29, 0.717) is 11.4 Å². The van der Waals surface area contributed by atoms with Gasteiger partial charge < -0.3 is 10.1 Å². The van der Waals surface area contributed by atoms with E-state index in [1.54, 1.807) is 0 Å². The third-order valence-corrected chi connectivity index (χ3v) is 3.80. The normalized spacial score (nSPS) is 12.3. The molecule has 0 fully saturated rings. The molecule has 3 nitrogen and oxygen atoms in total. The molecule has 0 heterocycles. The molecule has 0 aliphatic carbocycles. The average molecular weight is 356 g/mol. The minimum absolute atomic E-state index is 0.0571. The number of carbonyl (C=O) groups is 1. The second-order valence-electron chi connectivity index (χ2n) is 5.25. The van der Waals surface area contributed by atoms with Gasteiger partial charge in [0.2, 0.25) is 5.91 Å². The lowest BCUT2D eigenvalue weighted by Gasteiger charge is -2.17. The summed E-state index contributed by atoms with van der Waals surface area (Å²) in [6.07, 6.45) is 2.64. The third-order valence-electron chi connectivity index (χ3n) is 3.48. The van der Waals surface area contributed by atoms with Gasteiger partial charge in [-0.1, -0.05) is 42.8 Å². The molecule has 0 saturated heterocycles. The Morgan fingerprint density at radius 1 is 1.29 bits per heavy atom. The Labute approximate surface area is 136 Å². The number of hydrogen-bond donors (Lipinski definition) is 1. The van der Waals surface area contributed by atoms with Gasteiger partial charge >= 0.3 is 0 Å². The number of halogens is 1. The Hall–Kier alpha value is -1.03. The van der Waals surface area contributed by atoms with Crippen LogP contribution in [-0.2, 0) is 11.2 Å².